The minimum atomic E-state index is 0.268. The highest BCUT2D eigenvalue weighted by Gasteiger charge is 2.32. The molecular weight excluding hydrogens is 220 g/mol. The molecule has 0 saturated carbocycles. The highest BCUT2D eigenvalue weighted by Crippen LogP contribution is 2.33. The van der Waals surface area contributed by atoms with Crippen LogP contribution in [0.25, 0.3) is 0 Å². The normalized spacial score (nSPS) is 19.9. The number of aromatic nitrogens is 2. The molecule has 1 fully saturated rings. The van der Waals surface area contributed by atoms with E-state index in [-0.39, 0.29) is 5.41 Å². The molecule has 0 radical (unpaired) electrons. The average Bonchev–Trinajstić information content (AvgIpc) is 2.59. The van der Waals surface area contributed by atoms with Gasteiger partial charge in [0.05, 0.1) is 5.69 Å². The van der Waals surface area contributed by atoms with Crippen molar-refractivity contribution in [2.45, 2.75) is 33.2 Å². The molecule has 0 aliphatic carbocycles. The van der Waals surface area contributed by atoms with Crippen molar-refractivity contribution < 1.29 is 4.74 Å². The average molecular weight is 240 g/mol. The molecule has 3 nitrogen and oxygen atoms in total. The van der Waals surface area contributed by atoms with E-state index in [4.69, 9.17) is 4.74 Å². The van der Waals surface area contributed by atoms with E-state index in [1.807, 2.05) is 6.92 Å². The molecule has 2 heterocycles. The van der Waals surface area contributed by atoms with Crippen LogP contribution in [-0.4, -0.2) is 28.7 Å². The zero-order valence-electron chi connectivity index (χ0n) is 10.1. The summed E-state index contributed by atoms with van der Waals surface area (Å²) in [6.45, 7) is 6.85. The molecule has 0 N–H and O–H groups in total. The van der Waals surface area contributed by atoms with Crippen LogP contribution in [0.2, 0.25) is 0 Å². The van der Waals surface area contributed by atoms with Crippen LogP contribution in [-0.2, 0) is 11.3 Å². The number of ether oxygens (including phenoxy) is 1. The molecule has 0 bridgehead atoms. The van der Waals surface area contributed by atoms with E-state index in [2.05, 4.69) is 35.4 Å². The van der Waals surface area contributed by atoms with Crippen molar-refractivity contribution in [1.29, 1.82) is 0 Å². The van der Waals surface area contributed by atoms with E-state index in [9.17, 15) is 0 Å². The summed E-state index contributed by atoms with van der Waals surface area (Å²) in [5.41, 5.74) is 2.61. The molecule has 1 aromatic rings. The summed E-state index contributed by atoms with van der Waals surface area (Å²) in [4.78, 5) is 0. The predicted molar refractivity (Wildman–Crippen MR) is 68.0 cm³/mol. The number of rotatable bonds is 3. The molecule has 1 aliphatic rings. The molecule has 4 heteroatoms. The Morgan fingerprint density at radius 1 is 1.44 bits per heavy atom. The van der Waals surface area contributed by atoms with Crippen molar-refractivity contribution in [2.75, 3.05) is 19.0 Å². The van der Waals surface area contributed by atoms with Gasteiger partial charge in [-0.2, -0.15) is 17.7 Å². The second-order valence-corrected chi connectivity index (χ2v) is 5.17. The summed E-state index contributed by atoms with van der Waals surface area (Å²) >= 11 is 4.52. The van der Waals surface area contributed by atoms with Crippen molar-refractivity contribution in [1.82, 2.24) is 9.78 Å². The quantitative estimate of drug-likeness (QED) is 0.820. The molecule has 16 heavy (non-hydrogen) atoms. The molecular formula is C12H20N2OS. The summed E-state index contributed by atoms with van der Waals surface area (Å²) in [5.74, 6) is 0.911. The summed E-state index contributed by atoms with van der Waals surface area (Å²) < 4.78 is 7.56. The van der Waals surface area contributed by atoms with E-state index in [0.29, 0.717) is 0 Å². The van der Waals surface area contributed by atoms with Gasteiger partial charge in [0.1, 0.15) is 0 Å². The first kappa shape index (κ1) is 12.0. The Labute approximate surface area is 103 Å². The Hall–Kier alpha value is -0.480. The molecule has 1 aliphatic heterocycles. The van der Waals surface area contributed by atoms with Gasteiger partial charge in [-0.25, -0.2) is 0 Å². The first-order chi connectivity index (χ1) is 7.65. The van der Waals surface area contributed by atoms with Crippen LogP contribution in [0.1, 0.15) is 24.2 Å². The van der Waals surface area contributed by atoms with Crippen molar-refractivity contribution in [3.05, 3.63) is 17.5 Å². The van der Waals surface area contributed by atoms with Crippen LogP contribution in [0.3, 0.4) is 0 Å². The van der Waals surface area contributed by atoms with Gasteiger partial charge in [-0.3, -0.25) is 4.68 Å². The van der Waals surface area contributed by atoms with Gasteiger partial charge in [-0.05, 0) is 38.5 Å². The highest BCUT2D eigenvalue weighted by atomic mass is 32.1. The van der Waals surface area contributed by atoms with E-state index < -0.39 is 0 Å². The Bertz CT molecular complexity index is 356. The molecule has 0 spiro atoms. The zero-order chi connectivity index (χ0) is 11.6. The first-order valence-electron chi connectivity index (χ1n) is 5.85. The second kappa shape index (κ2) is 4.80. The van der Waals surface area contributed by atoms with Crippen LogP contribution in [0, 0.1) is 19.3 Å². The molecule has 0 amide bonds. The zero-order valence-corrected chi connectivity index (χ0v) is 11.0. The molecule has 1 aromatic heterocycles. The van der Waals surface area contributed by atoms with Gasteiger partial charge in [-0.15, -0.1) is 0 Å². The fraction of sp³-hybridized carbons (Fsp3) is 0.750. The highest BCUT2D eigenvalue weighted by molar-refractivity contribution is 7.80. The lowest BCUT2D eigenvalue weighted by atomic mass is 9.82. The predicted octanol–water partition coefficient (Wildman–Crippen LogP) is 2.23. The Kier molecular flexibility index (Phi) is 3.60. The molecule has 90 valence electrons. The number of hydrogen-bond donors (Lipinski definition) is 1. The SMILES string of the molecule is Cc1cc(C)n(CC2(CS)CCOCC2)n1. The topological polar surface area (TPSA) is 27.1 Å². The van der Waals surface area contributed by atoms with Crippen molar-refractivity contribution in [3.8, 4) is 0 Å². The number of thiol groups is 1. The largest absolute Gasteiger partial charge is 0.381 e. The van der Waals surface area contributed by atoms with Gasteiger partial charge in [0, 0.05) is 30.9 Å². The third-order valence-electron chi connectivity index (χ3n) is 3.48. The molecule has 0 unspecified atom stereocenters. The van der Waals surface area contributed by atoms with Gasteiger partial charge in [0.2, 0.25) is 0 Å². The fourth-order valence-corrected chi connectivity index (χ4v) is 2.74. The lowest BCUT2D eigenvalue weighted by Gasteiger charge is -2.36. The van der Waals surface area contributed by atoms with Gasteiger partial charge in [0.15, 0.2) is 0 Å². The maximum atomic E-state index is 5.44. The molecule has 0 atom stereocenters. The molecule has 0 aromatic carbocycles. The maximum absolute atomic E-state index is 5.44. The molecule has 1 saturated heterocycles. The minimum Gasteiger partial charge on any atom is -0.381 e. The fourth-order valence-electron chi connectivity index (χ4n) is 2.32. The maximum Gasteiger partial charge on any atom is 0.0596 e. The number of nitrogens with zero attached hydrogens (tertiary/aromatic N) is 2. The Morgan fingerprint density at radius 2 is 2.12 bits per heavy atom. The summed E-state index contributed by atoms with van der Waals surface area (Å²) in [6.07, 6.45) is 2.18. The second-order valence-electron chi connectivity index (χ2n) is 4.86. The van der Waals surface area contributed by atoms with Crippen molar-refractivity contribution >= 4 is 12.6 Å². The lowest BCUT2D eigenvalue weighted by molar-refractivity contribution is 0.0162. The standard InChI is InChI=1S/C12H20N2OS/c1-10-7-11(2)14(13-10)8-12(9-16)3-5-15-6-4-12/h7,16H,3-6,8-9H2,1-2H3. The number of aryl methyl sites for hydroxylation is 2. The van der Waals surface area contributed by atoms with Gasteiger partial charge >= 0.3 is 0 Å². The van der Waals surface area contributed by atoms with E-state index in [0.717, 1.165) is 44.0 Å². The van der Waals surface area contributed by atoms with Crippen LogP contribution >= 0.6 is 12.6 Å². The van der Waals surface area contributed by atoms with E-state index in [1.54, 1.807) is 0 Å². The van der Waals surface area contributed by atoms with Gasteiger partial charge < -0.3 is 4.74 Å². The van der Waals surface area contributed by atoms with Gasteiger partial charge in [0.25, 0.3) is 0 Å². The summed E-state index contributed by atoms with van der Waals surface area (Å²) in [6, 6.07) is 2.13. The number of hydrogen-bond acceptors (Lipinski definition) is 3. The Balaban J connectivity index is 2.14. The van der Waals surface area contributed by atoms with Crippen LogP contribution in [0.15, 0.2) is 6.07 Å². The summed E-state index contributed by atoms with van der Waals surface area (Å²) in [7, 11) is 0. The monoisotopic (exact) mass is 240 g/mol. The third-order valence-corrected chi connectivity index (χ3v) is 4.15. The smallest absolute Gasteiger partial charge is 0.0596 e. The van der Waals surface area contributed by atoms with Crippen LogP contribution in [0.4, 0.5) is 0 Å². The van der Waals surface area contributed by atoms with Crippen molar-refractivity contribution in [3.63, 3.8) is 0 Å². The van der Waals surface area contributed by atoms with Crippen molar-refractivity contribution in [2.24, 2.45) is 5.41 Å². The van der Waals surface area contributed by atoms with Crippen LogP contribution in [0.5, 0.6) is 0 Å². The van der Waals surface area contributed by atoms with E-state index in [1.165, 1.54) is 5.69 Å². The van der Waals surface area contributed by atoms with Crippen LogP contribution < -0.4 is 0 Å². The van der Waals surface area contributed by atoms with Gasteiger partial charge in [-0.1, -0.05) is 0 Å². The molecule has 2 rings (SSSR count). The third kappa shape index (κ3) is 2.43. The first-order valence-corrected chi connectivity index (χ1v) is 6.48. The minimum absolute atomic E-state index is 0.268. The summed E-state index contributed by atoms with van der Waals surface area (Å²) in [5, 5.41) is 4.54. The lowest BCUT2D eigenvalue weighted by Crippen LogP contribution is -2.36. The van der Waals surface area contributed by atoms with E-state index >= 15 is 0 Å². The Morgan fingerprint density at radius 3 is 2.62 bits per heavy atom.